The molecule has 5 nitrogen and oxygen atoms in total. The molecule has 1 aromatic carbocycles. The lowest BCUT2D eigenvalue weighted by atomic mass is 9.80. The van der Waals surface area contributed by atoms with Gasteiger partial charge in [-0.05, 0) is 42.8 Å². The second-order valence-electron chi connectivity index (χ2n) is 5.52. The monoisotopic (exact) mass is 303 g/mol. The highest BCUT2D eigenvalue weighted by Gasteiger charge is 2.51. The Labute approximate surface area is 127 Å². The molecule has 1 aliphatic heterocycles. The van der Waals surface area contributed by atoms with Crippen molar-refractivity contribution >= 4 is 34.9 Å². The number of carbonyl (C=O) groups is 2. The van der Waals surface area contributed by atoms with E-state index in [1.165, 1.54) is 12.1 Å². The second kappa shape index (κ2) is 5.11. The van der Waals surface area contributed by atoms with Crippen LogP contribution in [0.25, 0.3) is 0 Å². The molecule has 0 atom stereocenters. The number of amides is 1. The van der Waals surface area contributed by atoms with Gasteiger partial charge in [-0.2, -0.15) is 0 Å². The molecule has 0 bridgehead atoms. The van der Waals surface area contributed by atoms with Gasteiger partial charge in [0.05, 0.1) is 5.97 Å². The number of thiocarbonyl (C=S) groups is 1. The molecule has 21 heavy (non-hydrogen) atoms. The number of carboxylic acids is 1. The van der Waals surface area contributed by atoms with Crippen molar-refractivity contribution in [2.75, 3.05) is 4.90 Å². The molecule has 1 saturated heterocycles. The normalized spacial score (nSPS) is 20.7. The van der Waals surface area contributed by atoms with Crippen molar-refractivity contribution in [2.24, 2.45) is 0 Å². The van der Waals surface area contributed by atoms with Gasteiger partial charge in [0.15, 0.2) is 5.11 Å². The number of hydrogen-bond donors (Lipinski definition) is 1. The highest BCUT2D eigenvalue weighted by atomic mass is 32.1. The van der Waals surface area contributed by atoms with Crippen LogP contribution in [0.5, 0.6) is 0 Å². The summed E-state index contributed by atoms with van der Waals surface area (Å²) in [6.07, 6.45) is 4.63. The third kappa shape index (κ3) is 2.19. The lowest BCUT2D eigenvalue weighted by Crippen LogP contribution is -2.51. The molecule has 1 aliphatic carbocycles. The average molecular weight is 303 g/mol. The molecule has 2 aliphatic rings. The first-order valence-electron chi connectivity index (χ1n) is 7.02. The van der Waals surface area contributed by atoms with Crippen LogP contribution in [-0.4, -0.2) is 22.5 Å². The van der Waals surface area contributed by atoms with Crippen LogP contribution in [0, 0.1) is 0 Å². The first-order chi connectivity index (χ1) is 10.0. The Bertz CT molecular complexity index is 606. The molecule has 0 aromatic heterocycles. The van der Waals surface area contributed by atoms with Gasteiger partial charge >= 0.3 is 0 Å². The van der Waals surface area contributed by atoms with Crippen molar-refractivity contribution in [1.82, 2.24) is 5.32 Å². The Morgan fingerprint density at radius 1 is 1.19 bits per heavy atom. The number of carboxylic acid groups (broad SMARTS) is 1. The smallest absolute Gasteiger partial charge is 0.252 e. The predicted octanol–water partition coefficient (Wildman–Crippen LogP) is 0.974. The van der Waals surface area contributed by atoms with E-state index in [0.29, 0.717) is 5.11 Å². The van der Waals surface area contributed by atoms with Gasteiger partial charge < -0.3 is 20.1 Å². The molecule has 2 fully saturated rings. The zero-order valence-electron chi connectivity index (χ0n) is 11.4. The van der Waals surface area contributed by atoms with E-state index in [1.807, 2.05) is 4.90 Å². The fraction of sp³-hybridized carbons (Fsp3) is 0.400. The summed E-state index contributed by atoms with van der Waals surface area (Å²) < 4.78 is 0. The van der Waals surface area contributed by atoms with Crippen LogP contribution in [-0.2, 0) is 4.79 Å². The standard InChI is InChI=1S/C15H16N2O3S/c18-12(19)10-4-6-11(7-5-10)17-14(21)16-13(20)15(17)8-2-1-3-9-15/h4-7H,1-3,8-9H2,(H,18,19)(H,16,20,21)/p-1. The van der Waals surface area contributed by atoms with E-state index in [0.717, 1.165) is 37.8 Å². The van der Waals surface area contributed by atoms with Crippen molar-refractivity contribution in [3.63, 3.8) is 0 Å². The van der Waals surface area contributed by atoms with Gasteiger partial charge in [0.2, 0.25) is 0 Å². The Kier molecular flexibility index (Phi) is 3.41. The maximum atomic E-state index is 12.4. The van der Waals surface area contributed by atoms with Gasteiger partial charge in [-0.3, -0.25) is 4.79 Å². The van der Waals surface area contributed by atoms with Gasteiger partial charge in [0.25, 0.3) is 5.91 Å². The minimum absolute atomic E-state index is 0.0452. The average Bonchev–Trinajstić information content (AvgIpc) is 2.71. The summed E-state index contributed by atoms with van der Waals surface area (Å²) in [5.74, 6) is -1.26. The van der Waals surface area contributed by atoms with E-state index in [9.17, 15) is 14.7 Å². The Morgan fingerprint density at radius 2 is 1.81 bits per heavy atom. The minimum atomic E-state index is -1.22. The van der Waals surface area contributed by atoms with Crippen LogP contribution >= 0.6 is 12.2 Å². The topological polar surface area (TPSA) is 72.5 Å². The molecule has 1 N–H and O–H groups in total. The number of carbonyl (C=O) groups excluding carboxylic acids is 2. The summed E-state index contributed by atoms with van der Waals surface area (Å²) in [4.78, 5) is 25.1. The highest BCUT2D eigenvalue weighted by molar-refractivity contribution is 7.80. The molecular weight excluding hydrogens is 288 g/mol. The molecule has 1 spiro atoms. The lowest BCUT2D eigenvalue weighted by Gasteiger charge is -2.39. The first-order valence-corrected chi connectivity index (χ1v) is 7.42. The van der Waals surface area contributed by atoms with Crippen molar-refractivity contribution in [3.8, 4) is 0 Å². The number of nitrogens with zero attached hydrogens (tertiary/aromatic N) is 1. The summed E-state index contributed by atoms with van der Waals surface area (Å²) in [6, 6.07) is 6.31. The third-order valence-electron chi connectivity index (χ3n) is 4.32. The maximum absolute atomic E-state index is 12.4. The predicted molar refractivity (Wildman–Crippen MR) is 79.8 cm³/mol. The molecule has 0 radical (unpaired) electrons. The molecule has 3 rings (SSSR count). The van der Waals surface area contributed by atoms with Crippen LogP contribution in [0.3, 0.4) is 0 Å². The molecule has 1 amide bonds. The van der Waals surface area contributed by atoms with E-state index in [-0.39, 0.29) is 11.5 Å². The van der Waals surface area contributed by atoms with E-state index >= 15 is 0 Å². The van der Waals surface area contributed by atoms with Crippen LogP contribution in [0.15, 0.2) is 24.3 Å². The number of benzene rings is 1. The van der Waals surface area contributed by atoms with Gasteiger partial charge in [0.1, 0.15) is 5.54 Å². The molecule has 1 saturated carbocycles. The lowest BCUT2D eigenvalue weighted by molar-refractivity contribution is -0.255. The van der Waals surface area contributed by atoms with Gasteiger partial charge in [-0.15, -0.1) is 0 Å². The SMILES string of the molecule is O=C([O-])c1ccc(N2C(=S)NC(=O)C23CCCCC3)cc1. The molecule has 6 heteroatoms. The fourth-order valence-corrected chi connectivity index (χ4v) is 3.64. The van der Waals surface area contributed by atoms with Gasteiger partial charge in [-0.25, -0.2) is 0 Å². The van der Waals surface area contributed by atoms with Crippen molar-refractivity contribution in [1.29, 1.82) is 0 Å². The van der Waals surface area contributed by atoms with E-state index in [4.69, 9.17) is 12.2 Å². The van der Waals surface area contributed by atoms with Crippen molar-refractivity contribution in [3.05, 3.63) is 29.8 Å². The van der Waals surface area contributed by atoms with E-state index < -0.39 is 11.5 Å². The highest BCUT2D eigenvalue weighted by Crippen LogP contribution is 2.40. The molecule has 0 unspecified atom stereocenters. The molecular formula is C15H15N2O3S-. The molecule has 1 aromatic rings. The van der Waals surface area contributed by atoms with Gasteiger partial charge in [-0.1, -0.05) is 31.4 Å². The minimum Gasteiger partial charge on any atom is -0.545 e. The summed E-state index contributed by atoms with van der Waals surface area (Å²) in [5.41, 5.74) is 0.240. The maximum Gasteiger partial charge on any atom is 0.252 e. The van der Waals surface area contributed by atoms with E-state index in [1.54, 1.807) is 12.1 Å². The van der Waals surface area contributed by atoms with Crippen LogP contribution < -0.4 is 15.3 Å². The van der Waals surface area contributed by atoms with Crippen LogP contribution in [0.2, 0.25) is 0 Å². The summed E-state index contributed by atoms with van der Waals surface area (Å²) in [6.45, 7) is 0. The molecule has 1 heterocycles. The number of anilines is 1. The third-order valence-corrected chi connectivity index (χ3v) is 4.60. The largest absolute Gasteiger partial charge is 0.545 e. The zero-order valence-corrected chi connectivity index (χ0v) is 12.2. The first kappa shape index (κ1) is 14.0. The number of hydrogen-bond acceptors (Lipinski definition) is 4. The molecule has 110 valence electrons. The van der Waals surface area contributed by atoms with E-state index in [2.05, 4.69) is 5.32 Å². The Balaban J connectivity index is 1.99. The number of nitrogens with one attached hydrogen (secondary N) is 1. The van der Waals surface area contributed by atoms with Crippen molar-refractivity contribution < 1.29 is 14.7 Å². The summed E-state index contributed by atoms with van der Waals surface area (Å²) in [5, 5.41) is 14.0. The number of aromatic carboxylic acids is 1. The van der Waals surface area contributed by atoms with Crippen molar-refractivity contribution in [2.45, 2.75) is 37.6 Å². The van der Waals surface area contributed by atoms with Crippen LogP contribution in [0.4, 0.5) is 5.69 Å². The zero-order chi connectivity index (χ0) is 15.0. The van der Waals surface area contributed by atoms with Gasteiger partial charge in [0, 0.05) is 5.69 Å². The Morgan fingerprint density at radius 3 is 2.38 bits per heavy atom. The fourth-order valence-electron chi connectivity index (χ4n) is 3.26. The number of rotatable bonds is 2. The second-order valence-corrected chi connectivity index (χ2v) is 5.91. The Hall–Kier alpha value is -1.95. The summed E-state index contributed by atoms with van der Waals surface area (Å²) >= 11 is 5.30. The van der Waals surface area contributed by atoms with Crippen LogP contribution in [0.1, 0.15) is 42.5 Å². The quantitative estimate of drug-likeness (QED) is 0.824. The summed E-state index contributed by atoms with van der Waals surface area (Å²) in [7, 11) is 0.